The van der Waals surface area contributed by atoms with Crippen molar-refractivity contribution >= 4 is 27.4 Å². The molecular formula is C12H17BrN4O2. The number of likely N-dealkylation sites (tertiary alicyclic amines) is 1. The van der Waals surface area contributed by atoms with E-state index in [-0.39, 0.29) is 5.69 Å². The third kappa shape index (κ3) is 3.22. The minimum absolute atomic E-state index is 0.0398. The maximum Gasteiger partial charge on any atom is 0.291 e. The summed E-state index contributed by atoms with van der Waals surface area (Å²) in [5, 5.41) is 14.1. The summed E-state index contributed by atoms with van der Waals surface area (Å²) in [5.41, 5.74) is 0.643. The van der Waals surface area contributed by atoms with Crippen molar-refractivity contribution in [3.63, 3.8) is 0 Å². The Kier molecular flexibility index (Phi) is 4.36. The van der Waals surface area contributed by atoms with E-state index < -0.39 is 4.92 Å². The average molecular weight is 329 g/mol. The van der Waals surface area contributed by atoms with Gasteiger partial charge in [-0.05, 0) is 48.8 Å². The molecule has 2 rings (SSSR count). The number of halogens is 1. The number of rotatable bonds is 4. The molecule has 0 aliphatic carbocycles. The molecule has 7 heteroatoms. The second kappa shape index (κ2) is 5.83. The number of nitro groups is 1. The molecule has 0 aromatic carbocycles. The van der Waals surface area contributed by atoms with Crippen molar-refractivity contribution in [3.8, 4) is 0 Å². The monoisotopic (exact) mass is 328 g/mol. The van der Waals surface area contributed by atoms with E-state index >= 15 is 0 Å². The number of aromatic nitrogens is 1. The van der Waals surface area contributed by atoms with E-state index in [0.717, 1.165) is 19.6 Å². The summed E-state index contributed by atoms with van der Waals surface area (Å²) in [5.74, 6) is 1.28. The van der Waals surface area contributed by atoms with E-state index in [9.17, 15) is 10.1 Å². The summed E-state index contributed by atoms with van der Waals surface area (Å²) in [7, 11) is 2.12. The molecule has 0 saturated carbocycles. The fraction of sp³-hybridized carbons (Fsp3) is 0.583. The van der Waals surface area contributed by atoms with Crippen LogP contribution in [0.4, 0.5) is 11.5 Å². The van der Waals surface area contributed by atoms with Crippen LogP contribution in [0.1, 0.15) is 12.0 Å². The molecule has 2 heterocycles. The summed E-state index contributed by atoms with van der Waals surface area (Å²) in [4.78, 5) is 16.8. The summed E-state index contributed by atoms with van der Waals surface area (Å²) >= 11 is 3.38. The van der Waals surface area contributed by atoms with E-state index in [4.69, 9.17) is 0 Å². The molecule has 1 saturated heterocycles. The van der Waals surface area contributed by atoms with Gasteiger partial charge in [-0.2, -0.15) is 0 Å². The first-order valence-electron chi connectivity index (χ1n) is 6.21. The van der Waals surface area contributed by atoms with Crippen molar-refractivity contribution in [2.45, 2.75) is 13.3 Å². The number of nitrogens with zero attached hydrogens (tertiary/aromatic N) is 3. The Bertz CT molecular complexity index is 495. The first-order valence-corrected chi connectivity index (χ1v) is 7.00. The minimum Gasteiger partial charge on any atom is -0.369 e. The van der Waals surface area contributed by atoms with Crippen molar-refractivity contribution in [2.24, 2.45) is 5.92 Å². The molecule has 1 atom stereocenters. The summed E-state index contributed by atoms with van der Waals surface area (Å²) in [6.45, 7) is 4.77. The number of pyridine rings is 1. The maximum absolute atomic E-state index is 10.8. The number of nitrogens with one attached hydrogen (secondary N) is 1. The molecule has 1 N–H and O–H groups in total. The largest absolute Gasteiger partial charge is 0.369 e. The summed E-state index contributed by atoms with van der Waals surface area (Å²) in [6.07, 6.45) is 2.48. The van der Waals surface area contributed by atoms with Crippen LogP contribution in [0.2, 0.25) is 0 Å². The van der Waals surface area contributed by atoms with E-state index in [1.165, 1.54) is 12.6 Å². The van der Waals surface area contributed by atoms with Gasteiger partial charge in [0, 0.05) is 18.7 Å². The van der Waals surface area contributed by atoms with Crippen LogP contribution in [0.15, 0.2) is 10.7 Å². The SMILES string of the molecule is Cc1c([N+](=O)[O-])cnc(NCC2CCN(C)C2)c1Br. The topological polar surface area (TPSA) is 71.3 Å². The zero-order valence-corrected chi connectivity index (χ0v) is 12.6. The van der Waals surface area contributed by atoms with Crippen LogP contribution in [-0.4, -0.2) is 41.5 Å². The van der Waals surface area contributed by atoms with Gasteiger partial charge in [-0.1, -0.05) is 0 Å². The van der Waals surface area contributed by atoms with Gasteiger partial charge in [0.15, 0.2) is 0 Å². The van der Waals surface area contributed by atoms with Crippen LogP contribution >= 0.6 is 15.9 Å². The van der Waals surface area contributed by atoms with Crippen molar-refractivity contribution in [3.05, 3.63) is 26.3 Å². The number of hydrogen-bond donors (Lipinski definition) is 1. The Balaban J connectivity index is 2.05. The maximum atomic E-state index is 10.8. The molecule has 1 aliphatic rings. The van der Waals surface area contributed by atoms with Crippen molar-refractivity contribution in [1.82, 2.24) is 9.88 Å². The van der Waals surface area contributed by atoms with Crippen LogP contribution in [0.5, 0.6) is 0 Å². The van der Waals surface area contributed by atoms with Gasteiger partial charge in [-0.15, -0.1) is 0 Å². The van der Waals surface area contributed by atoms with Crippen molar-refractivity contribution < 1.29 is 4.92 Å². The van der Waals surface area contributed by atoms with Gasteiger partial charge in [-0.25, -0.2) is 4.98 Å². The first kappa shape index (κ1) is 14.2. The highest BCUT2D eigenvalue weighted by atomic mass is 79.9. The molecule has 1 unspecified atom stereocenters. The molecular weight excluding hydrogens is 312 g/mol. The highest BCUT2D eigenvalue weighted by Gasteiger charge is 2.21. The van der Waals surface area contributed by atoms with Gasteiger partial charge in [0.2, 0.25) is 0 Å². The van der Waals surface area contributed by atoms with E-state index in [2.05, 4.69) is 38.2 Å². The summed E-state index contributed by atoms with van der Waals surface area (Å²) < 4.78 is 0.674. The Morgan fingerprint density at radius 2 is 2.42 bits per heavy atom. The second-order valence-electron chi connectivity index (χ2n) is 4.99. The van der Waals surface area contributed by atoms with Gasteiger partial charge >= 0.3 is 0 Å². The lowest BCUT2D eigenvalue weighted by molar-refractivity contribution is -0.385. The molecule has 1 aromatic heterocycles. The van der Waals surface area contributed by atoms with Crippen LogP contribution in [-0.2, 0) is 0 Å². The minimum atomic E-state index is -0.414. The Labute approximate surface area is 120 Å². The lowest BCUT2D eigenvalue weighted by Crippen LogP contribution is -2.19. The Morgan fingerprint density at radius 1 is 1.68 bits per heavy atom. The van der Waals surface area contributed by atoms with E-state index in [0.29, 0.717) is 21.8 Å². The molecule has 1 fully saturated rings. The molecule has 0 amide bonds. The van der Waals surface area contributed by atoms with E-state index in [1.807, 2.05) is 0 Å². The van der Waals surface area contributed by atoms with Gasteiger partial charge in [0.05, 0.1) is 9.40 Å². The highest BCUT2D eigenvalue weighted by molar-refractivity contribution is 9.10. The van der Waals surface area contributed by atoms with Crippen LogP contribution in [0.3, 0.4) is 0 Å². The lowest BCUT2D eigenvalue weighted by Gasteiger charge is -2.13. The lowest BCUT2D eigenvalue weighted by atomic mass is 10.1. The first-order chi connectivity index (χ1) is 8.99. The predicted octanol–water partition coefficient (Wildman–Crippen LogP) is 2.42. The van der Waals surface area contributed by atoms with Gasteiger partial charge in [0.1, 0.15) is 12.0 Å². The zero-order chi connectivity index (χ0) is 14.0. The van der Waals surface area contributed by atoms with Crippen LogP contribution in [0, 0.1) is 23.0 Å². The van der Waals surface area contributed by atoms with Crippen molar-refractivity contribution in [2.75, 3.05) is 32.0 Å². The fourth-order valence-corrected chi connectivity index (χ4v) is 2.76. The smallest absolute Gasteiger partial charge is 0.291 e. The molecule has 0 spiro atoms. The number of hydrogen-bond acceptors (Lipinski definition) is 5. The quantitative estimate of drug-likeness (QED) is 0.678. The molecule has 1 aliphatic heterocycles. The highest BCUT2D eigenvalue weighted by Crippen LogP contribution is 2.30. The van der Waals surface area contributed by atoms with Crippen LogP contribution < -0.4 is 5.32 Å². The van der Waals surface area contributed by atoms with Gasteiger partial charge in [-0.3, -0.25) is 10.1 Å². The van der Waals surface area contributed by atoms with Crippen LogP contribution in [0.25, 0.3) is 0 Å². The Hall–Kier alpha value is -1.21. The number of anilines is 1. The Morgan fingerprint density at radius 3 is 3.00 bits per heavy atom. The second-order valence-corrected chi connectivity index (χ2v) is 5.78. The van der Waals surface area contributed by atoms with Crippen molar-refractivity contribution in [1.29, 1.82) is 0 Å². The normalized spacial score (nSPS) is 19.6. The fourth-order valence-electron chi connectivity index (χ4n) is 2.31. The molecule has 0 radical (unpaired) electrons. The molecule has 1 aromatic rings. The predicted molar refractivity (Wildman–Crippen MR) is 77.4 cm³/mol. The third-order valence-electron chi connectivity index (χ3n) is 3.48. The molecule has 19 heavy (non-hydrogen) atoms. The van der Waals surface area contributed by atoms with Gasteiger partial charge < -0.3 is 10.2 Å². The third-order valence-corrected chi connectivity index (χ3v) is 4.45. The average Bonchev–Trinajstić information content (AvgIpc) is 2.76. The molecule has 6 nitrogen and oxygen atoms in total. The zero-order valence-electron chi connectivity index (χ0n) is 11.0. The van der Waals surface area contributed by atoms with Gasteiger partial charge in [0.25, 0.3) is 5.69 Å². The molecule has 104 valence electrons. The summed E-state index contributed by atoms with van der Waals surface area (Å²) in [6, 6.07) is 0. The standard InChI is InChI=1S/C12H17BrN4O2/c1-8-10(17(18)19)6-15-12(11(8)13)14-5-9-3-4-16(2)7-9/h6,9H,3-5,7H2,1-2H3,(H,14,15). The molecule has 0 bridgehead atoms. The van der Waals surface area contributed by atoms with E-state index in [1.54, 1.807) is 6.92 Å².